The Kier molecular flexibility index (Phi) is 5.32. The second-order valence-electron chi connectivity index (χ2n) is 6.94. The summed E-state index contributed by atoms with van der Waals surface area (Å²) in [7, 11) is 0. The predicted octanol–water partition coefficient (Wildman–Crippen LogP) is 6.61. The molecule has 20 heavy (non-hydrogen) atoms. The molecule has 0 saturated heterocycles. The summed E-state index contributed by atoms with van der Waals surface area (Å²) in [6, 6.07) is 5.71. The quantitative estimate of drug-likeness (QED) is 0.546. The number of benzene rings is 1. The molecular formula is C17H23Cl3. The first-order valence-corrected chi connectivity index (χ1v) is 8.57. The molecule has 1 aromatic carbocycles. The summed E-state index contributed by atoms with van der Waals surface area (Å²) in [6.45, 7) is 6.91. The third-order valence-corrected chi connectivity index (χ3v) is 5.78. The maximum absolute atomic E-state index is 6.64. The molecule has 0 N–H and O–H groups in total. The highest BCUT2D eigenvalue weighted by atomic mass is 35.5. The van der Waals surface area contributed by atoms with Gasteiger partial charge < -0.3 is 0 Å². The molecule has 0 aliphatic heterocycles. The number of alkyl halides is 1. The van der Waals surface area contributed by atoms with Crippen LogP contribution in [0.4, 0.5) is 0 Å². The van der Waals surface area contributed by atoms with Gasteiger partial charge in [0.2, 0.25) is 0 Å². The Morgan fingerprint density at radius 2 is 1.90 bits per heavy atom. The first-order valence-electron chi connectivity index (χ1n) is 7.37. The molecule has 1 fully saturated rings. The van der Waals surface area contributed by atoms with Crippen molar-refractivity contribution in [3.8, 4) is 0 Å². The number of rotatable bonds is 3. The van der Waals surface area contributed by atoms with Crippen molar-refractivity contribution in [3.63, 3.8) is 0 Å². The highest BCUT2D eigenvalue weighted by molar-refractivity contribution is 6.33. The van der Waals surface area contributed by atoms with E-state index in [1.165, 1.54) is 12.8 Å². The maximum Gasteiger partial charge on any atom is 0.0439 e. The Hall–Kier alpha value is 0.0900. The van der Waals surface area contributed by atoms with E-state index in [1.807, 2.05) is 18.2 Å². The van der Waals surface area contributed by atoms with E-state index in [4.69, 9.17) is 34.8 Å². The molecule has 3 atom stereocenters. The predicted molar refractivity (Wildman–Crippen MR) is 90.1 cm³/mol. The van der Waals surface area contributed by atoms with Gasteiger partial charge in [-0.3, -0.25) is 0 Å². The highest BCUT2D eigenvalue weighted by Crippen LogP contribution is 2.45. The SMILES string of the molecule is CC1CCC(C(C)(C)Cc2cc(Cl)ccc2Cl)C(Cl)C1. The van der Waals surface area contributed by atoms with E-state index in [0.717, 1.165) is 34.4 Å². The molecule has 1 aliphatic rings. The molecule has 0 heterocycles. The van der Waals surface area contributed by atoms with E-state index in [-0.39, 0.29) is 10.8 Å². The zero-order chi connectivity index (χ0) is 14.9. The molecule has 3 unspecified atom stereocenters. The van der Waals surface area contributed by atoms with Crippen molar-refractivity contribution >= 4 is 34.8 Å². The zero-order valence-electron chi connectivity index (χ0n) is 12.4. The molecule has 2 rings (SSSR count). The van der Waals surface area contributed by atoms with Crippen LogP contribution in [0.3, 0.4) is 0 Å². The lowest BCUT2D eigenvalue weighted by Gasteiger charge is -2.42. The van der Waals surface area contributed by atoms with Crippen LogP contribution in [-0.2, 0) is 6.42 Å². The van der Waals surface area contributed by atoms with Crippen LogP contribution < -0.4 is 0 Å². The molecule has 0 nitrogen and oxygen atoms in total. The Morgan fingerprint density at radius 3 is 2.55 bits per heavy atom. The molecule has 0 aromatic heterocycles. The van der Waals surface area contributed by atoms with Gasteiger partial charge in [-0.2, -0.15) is 0 Å². The van der Waals surface area contributed by atoms with Gasteiger partial charge in [-0.05, 0) is 60.3 Å². The maximum atomic E-state index is 6.64. The van der Waals surface area contributed by atoms with E-state index in [9.17, 15) is 0 Å². The number of halogens is 3. The van der Waals surface area contributed by atoms with Gasteiger partial charge in [0, 0.05) is 15.4 Å². The molecule has 1 saturated carbocycles. The van der Waals surface area contributed by atoms with Gasteiger partial charge in [0.15, 0.2) is 0 Å². The van der Waals surface area contributed by atoms with E-state index in [0.29, 0.717) is 5.92 Å². The fraction of sp³-hybridized carbons (Fsp3) is 0.647. The van der Waals surface area contributed by atoms with Crippen LogP contribution in [-0.4, -0.2) is 5.38 Å². The van der Waals surface area contributed by atoms with E-state index in [2.05, 4.69) is 20.8 Å². The van der Waals surface area contributed by atoms with Crippen molar-refractivity contribution in [1.29, 1.82) is 0 Å². The van der Waals surface area contributed by atoms with Gasteiger partial charge in [0.1, 0.15) is 0 Å². The van der Waals surface area contributed by atoms with Crippen LogP contribution in [0.25, 0.3) is 0 Å². The van der Waals surface area contributed by atoms with Gasteiger partial charge >= 0.3 is 0 Å². The van der Waals surface area contributed by atoms with Crippen molar-refractivity contribution in [1.82, 2.24) is 0 Å². The first kappa shape index (κ1) is 16.5. The van der Waals surface area contributed by atoms with Crippen molar-refractivity contribution in [2.75, 3.05) is 0 Å². The first-order chi connectivity index (χ1) is 9.29. The fourth-order valence-electron chi connectivity index (χ4n) is 3.49. The standard InChI is InChI=1S/C17H23Cl3/c1-11-4-6-14(16(20)8-11)17(2,3)10-12-9-13(18)5-7-15(12)19/h5,7,9,11,14,16H,4,6,8,10H2,1-3H3. The number of hydrogen-bond acceptors (Lipinski definition) is 0. The summed E-state index contributed by atoms with van der Waals surface area (Å²) in [5.41, 5.74) is 1.27. The van der Waals surface area contributed by atoms with Crippen LogP contribution in [0.5, 0.6) is 0 Å². The van der Waals surface area contributed by atoms with Crippen LogP contribution in [0.1, 0.15) is 45.6 Å². The average Bonchev–Trinajstić information content (AvgIpc) is 2.33. The van der Waals surface area contributed by atoms with Crippen LogP contribution in [0, 0.1) is 17.3 Å². The average molecular weight is 334 g/mol. The van der Waals surface area contributed by atoms with Crippen LogP contribution >= 0.6 is 34.8 Å². The van der Waals surface area contributed by atoms with Gasteiger partial charge in [-0.25, -0.2) is 0 Å². The summed E-state index contributed by atoms with van der Waals surface area (Å²) in [5.74, 6) is 1.29. The summed E-state index contributed by atoms with van der Waals surface area (Å²) < 4.78 is 0. The summed E-state index contributed by atoms with van der Waals surface area (Å²) in [6.07, 6.45) is 4.54. The lowest BCUT2D eigenvalue weighted by Crippen LogP contribution is -2.37. The largest absolute Gasteiger partial charge is 0.123 e. The molecule has 0 amide bonds. The Labute approximate surface area is 137 Å². The monoisotopic (exact) mass is 332 g/mol. The van der Waals surface area contributed by atoms with Gasteiger partial charge in [-0.15, -0.1) is 11.6 Å². The van der Waals surface area contributed by atoms with Gasteiger partial charge in [-0.1, -0.05) is 50.4 Å². The minimum atomic E-state index is 0.140. The third-order valence-electron chi connectivity index (χ3n) is 4.69. The molecule has 112 valence electrons. The van der Waals surface area contributed by atoms with Crippen molar-refractivity contribution in [2.45, 2.75) is 51.8 Å². The topological polar surface area (TPSA) is 0 Å². The molecule has 0 bridgehead atoms. The Morgan fingerprint density at radius 1 is 1.20 bits per heavy atom. The van der Waals surface area contributed by atoms with Crippen LogP contribution in [0.2, 0.25) is 10.0 Å². The van der Waals surface area contributed by atoms with E-state index >= 15 is 0 Å². The summed E-state index contributed by atoms with van der Waals surface area (Å²) in [4.78, 5) is 0. The molecule has 1 aliphatic carbocycles. The molecular weight excluding hydrogens is 311 g/mol. The van der Waals surface area contributed by atoms with Gasteiger partial charge in [0.25, 0.3) is 0 Å². The zero-order valence-corrected chi connectivity index (χ0v) is 14.7. The minimum Gasteiger partial charge on any atom is -0.123 e. The van der Waals surface area contributed by atoms with E-state index < -0.39 is 0 Å². The van der Waals surface area contributed by atoms with Gasteiger partial charge in [0.05, 0.1) is 0 Å². The summed E-state index contributed by atoms with van der Waals surface area (Å²) in [5, 5.41) is 1.82. The molecule has 0 spiro atoms. The second-order valence-corrected chi connectivity index (χ2v) is 8.35. The number of hydrogen-bond donors (Lipinski definition) is 0. The minimum absolute atomic E-state index is 0.140. The highest BCUT2D eigenvalue weighted by Gasteiger charge is 2.38. The van der Waals surface area contributed by atoms with Crippen molar-refractivity contribution in [3.05, 3.63) is 33.8 Å². The van der Waals surface area contributed by atoms with Crippen molar-refractivity contribution in [2.24, 2.45) is 17.3 Å². The lowest BCUT2D eigenvalue weighted by molar-refractivity contribution is 0.142. The molecule has 3 heteroatoms. The fourth-order valence-corrected chi connectivity index (χ4v) is 4.64. The normalized spacial score (nSPS) is 27.6. The second kappa shape index (κ2) is 6.46. The molecule has 1 aromatic rings. The van der Waals surface area contributed by atoms with Crippen LogP contribution in [0.15, 0.2) is 18.2 Å². The summed E-state index contributed by atoms with van der Waals surface area (Å²) >= 11 is 19.0. The molecule has 0 radical (unpaired) electrons. The lowest BCUT2D eigenvalue weighted by atomic mass is 9.66. The third kappa shape index (κ3) is 3.84. The van der Waals surface area contributed by atoms with E-state index in [1.54, 1.807) is 0 Å². The Bertz CT molecular complexity index is 467. The van der Waals surface area contributed by atoms with Crippen molar-refractivity contribution < 1.29 is 0 Å². The smallest absolute Gasteiger partial charge is 0.0439 e. The Balaban J connectivity index is 2.16.